The van der Waals surface area contributed by atoms with Gasteiger partial charge in [-0.1, -0.05) is 12.1 Å². The molecular weight excluding hydrogens is 359 g/mol. The van der Waals surface area contributed by atoms with Gasteiger partial charge in [-0.2, -0.15) is 13.2 Å². The smallest absolute Gasteiger partial charge is 0.356 e. The van der Waals surface area contributed by atoms with Crippen molar-refractivity contribution >= 4 is 11.8 Å². The van der Waals surface area contributed by atoms with Crippen LogP contribution in [0.5, 0.6) is 0 Å². The number of carbonyl (C=O) groups excluding carboxylic acids is 2. The predicted molar refractivity (Wildman–Crippen MR) is 93.6 cm³/mol. The largest absolute Gasteiger partial charge is 0.416 e. The Morgan fingerprint density at radius 1 is 1.33 bits per heavy atom. The molecule has 2 aliphatic rings. The van der Waals surface area contributed by atoms with Crippen LogP contribution in [0.3, 0.4) is 0 Å². The molecule has 2 heterocycles. The molecule has 2 amide bonds. The highest BCUT2D eigenvalue weighted by Crippen LogP contribution is 2.30. The monoisotopic (exact) mass is 383 g/mol. The molecule has 0 aromatic heterocycles. The van der Waals surface area contributed by atoms with E-state index >= 15 is 0 Å². The fourth-order valence-corrected chi connectivity index (χ4v) is 3.67. The second-order valence-corrected chi connectivity index (χ2v) is 7.31. The van der Waals surface area contributed by atoms with Crippen molar-refractivity contribution in [1.29, 1.82) is 0 Å². The Morgan fingerprint density at radius 2 is 2.15 bits per heavy atom. The number of alkyl halides is 3. The lowest BCUT2D eigenvalue weighted by molar-refractivity contribution is -0.137. The molecule has 3 rings (SSSR count). The van der Waals surface area contributed by atoms with Crippen molar-refractivity contribution in [1.82, 2.24) is 15.5 Å². The third-order valence-electron chi connectivity index (χ3n) is 5.23. The van der Waals surface area contributed by atoms with Gasteiger partial charge in [-0.15, -0.1) is 0 Å². The van der Waals surface area contributed by atoms with Crippen molar-refractivity contribution in [2.75, 3.05) is 26.2 Å². The molecule has 148 valence electrons. The van der Waals surface area contributed by atoms with Crippen LogP contribution in [0.15, 0.2) is 24.3 Å². The van der Waals surface area contributed by atoms with Crippen LogP contribution in [0.4, 0.5) is 13.2 Å². The Kier molecular flexibility index (Phi) is 6.04. The number of likely N-dealkylation sites (tertiary alicyclic amines) is 1. The topological polar surface area (TPSA) is 61.4 Å². The minimum absolute atomic E-state index is 0.0836. The minimum Gasteiger partial charge on any atom is -0.356 e. The van der Waals surface area contributed by atoms with Gasteiger partial charge in [0.05, 0.1) is 11.5 Å². The van der Waals surface area contributed by atoms with Crippen LogP contribution in [0.1, 0.15) is 30.4 Å². The van der Waals surface area contributed by atoms with Gasteiger partial charge in [0, 0.05) is 26.1 Å². The van der Waals surface area contributed by atoms with E-state index in [2.05, 4.69) is 10.6 Å². The van der Waals surface area contributed by atoms with Gasteiger partial charge in [0.15, 0.2) is 0 Å². The second kappa shape index (κ2) is 8.29. The van der Waals surface area contributed by atoms with E-state index in [1.54, 1.807) is 6.07 Å². The number of benzene rings is 1. The van der Waals surface area contributed by atoms with E-state index in [1.807, 2.05) is 0 Å². The van der Waals surface area contributed by atoms with Crippen molar-refractivity contribution in [2.45, 2.75) is 32.0 Å². The number of halogens is 3. The van der Waals surface area contributed by atoms with Crippen LogP contribution in [-0.2, 0) is 22.3 Å². The average molecular weight is 383 g/mol. The Morgan fingerprint density at radius 3 is 2.85 bits per heavy atom. The summed E-state index contributed by atoms with van der Waals surface area (Å²) in [5.41, 5.74) is -0.324. The van der Waals surface area contributed by atoms with Gasteiger partial charge in [-0.25, -0.2) is 0 Å². The summed E-state index contributed by atoms with van der Waals surface area (Å²) < 4.78 is 38.5. The zero-order valence-electron chi connectivity index (χ0n) is 15.0. The molecule has 2 fully saturated rings. The molecule has 0 saturated carbocycles. The molecule has 2 saturated heterocycles. The minimum atomic E-state index is -4.41. The van der Waals surface area contributed by atoms with Crippen LogP contribution in [0.2, 0.25) is 0 Å². The summed E-state index contributed by atoms with van der Waals surface area (Å²) in [6, 6.07) is 4.95. The van der Waals surface area contributed by atoms with Crippen molar-refractivity contribution < 1.29 is 22.8 Å². The maximum absolute atomic E-state index is 12.8. The van der Waals surface area contributed by atoms with Gasteiger partial charge in [-0.05, 0) is 49.5 Å². The molecule has 2 N–H and O–H groups in total. The molecule has 1 aromatic carbocycles. The number of hydrogen-bond donors (Lipinski definition) is 2. The standard InChI is InChI=1S/C19H24F3N3O2/c20-19(21,22)16-3-1-2-14(8-16)11-25-12-15(9-17(25)26)18(27)24-7-5-13-4-6-23-10-13/h1-3,8,13,15,23H,4-7,9-12H2,(H,24,27). The van der Waals surface area contributed by atoms with Crippen LogP contribution >= 0.6 is 0 Å². The SMILES string of the molecule is O=C(NCCC1CCNC1)C1CC(=O)N(Cc2cccc(C(F)(F)F)c2)C1. The summed E-state index contributed by atoms with van der Waals surface area (Å²) in [4.78, 5) is 25.9. The number of carbonyl (C=O) groups is 2. The Bertz CT molecular complexity index is 687. The number of nitrogens with zero attached hydrogens (tertiary/aromatic N) is 1. The number of hydrogen-bond acceptors (Lipinski definition) is 3. The Balaban J connectivity index is 1.50. The molecule has 1 aromatic rings. The van der Waals surface area contributed by atoms with E-state index in [-0.39, 0.29) is 31.3 Å². The molecular formula is C19H24F3N3O2. The van der Waals surface area contributed by atoms with Crippen LogP contribution < -0.4 is 10.6 Å². The van der Waals surface area contributed by atoms with E-state index in [9.17, 15) is 22.8 Å². The molecule has 2 aliphatic heterocycles. The van der Waals surface area contributed by atoms with E-state index in [0.29, 0.717) is 18.0 Å². The lowest BCUT2D eigenvalue weighted by Gasteiger charge is -2.18. The first-order valence-electron chi connectivity index (χ1n) is 9.25. The fraction of sp³-hybridized carbons (Fsp3) is 0.579. The highest BCUT2D eigenvalue weighted by atomic mass is 19.4. The molecule has 0 aliphatic carbocycles. The number of rotatable bonds is 6. The van der Waals surface area contributed by atoms with E-state index in [4.69, 9.17) is 0 Å². The molecule has 0 spiro atoms. The molecule has 2 unspecified atom stereocenters. The summed E-state index contributed by atoms with van der Waals surface area (Å²) in [5, 5.41) is 6.17. The van der Waals surface area contributed by atoms with Gasteiger partial charge < -0.3 is 15.5 Å². The third kappa shape index (κ3) is 5.22. The van der Waals surface area contributed by atoms with E-state index in [0.717, 1.165) is 38.1 Å². The molecule has 8 heteroatoms. The van der Waals surface area contributed by atoms with E-state index in [1.165, 1.54) is 11.0 Å². The average Bonchev–Trinajstić information content (AvgIpc) is 3.25. The van der Waals surface area contributed by atoms with Crippen LogP contribution in [0.25, 0.3) is 0 Å². The van der Waals surface area contributed by atoms with Crippen molar-refractivity contribution in [3.8, 4) is 0 Å². The molecule has 5 nitrogen and oxygen atoms in total. The maximum Gasteiger partial charge on any atom is 0.416 e. The number of nitrogens with one attached hydrogen (secondary N) is 2. The first kappa shape index (κ1) is 19.7. The summed E-state index contributed by atoms with van der Waals surface area (Å²) in [5.74, 6) is -0.216. The van der Waals surface area contributed by atoms with E-state index < -0.39 is 17.7 Å². The fourth-order valence-electron chi connectivity index (χ4n) is 3.67. The van der Waals surface area contributed by atoms with Crippen molar-refractivity contribution in [2.24, 2.45) is 11.8 Å². The predicted octanol–water partition coefficient (Wildman–Crippen LogP) is 2.17. The molecule has 2 atom stereocenters. The van der Waals surface area contributed by atoms with Crippen molar-refractivity contribution in [3.05, 3.63) is 35.4 Å². The van der Waals surface area contributed by atoms with Gasteiger partial charge >= 0.3 is 6.18 Å². The lowest BCUT2D eigenvalue weighted by atomic mass is 10.0. The highest BCUT2D eigenvalue weighted by Gasteiger charge is 2.35. The zero-order valence-corrected chi connectivity index (χ0v) is 15.0. The normalized spacial score (nSPS) is 23.1. The maximum atomic E-state index is 12.8. The Hall–Kier alpha value is -2.09. The molecule has 0 radical (unpaired) electrons. The number of amides is 2. The summed E-state index contributed by atoms with van der Waals surface area (Å²) in [6.07, 6.45) is -2.28. The van der Waals surface area contributed by atoms with Crippen LogP contribution in [-0.4, -0.2) is 42.9 Å². The summed E-state index contributed by atoms with van der Waals surface area (Å²) in [6.45, 7) is 2.90. The quantitative estimate of drug-likeness (QED) is 0.792. The molecule has 0 bridgehead atoms. The third-order valence-corrected chi connectivity index (χ3v) is 5.23. The van der Waals surface area contributed by atoms with Crippen molar-refractivity contribution in [3.63, 3.8) is 0 Å². The summed E-state index contributed by atoms with van der Waals surface area (Å²) in [7, 11) is 0. The van der Waals surface area contributed by atoms with Gasteiger partial charge in [0.25, 0.3) is 0 Å². The van der Waals surface area contributed by atoms with Gasteiger partial charge in [-0.3, -0.25) is 9.59 Å². The lowest BCUT2D eigenvalue weighted by Crippen LogP contribution is -2.34. The molecule has 27 heavy (non-hydrogen) atoms. The zero-order chi connectivity index (χ0) is 19.4. The van der Waals surface area contributed by atoms with Gasteiger partial charge in [0.2, 0.25) is 11.8 Å². The summed E-state index contributed by atoms with van der Waals surface area (Å²) >= 11 is 0. The Labute approximate surface area is 156 Å². The van der Waals surface area contributed by atoms with Gasteiger partial charge in [0.1, 0.15) is 0 Å². The van der Waals surface area contributed by atoms with Crippen LogP contribution in [0, 0.1) is 11.8 Å². The highest BCUT2D eigenvalue weighted by molar-refractivity contribution is 5.89. The first-order valence-corrected chi connectivity index (χ1v) is 9.25. The first-order chi connectivity index (χ1) is 12.8. The second-order valence-electron chi connectivity index (χ2n) is 7.31.